The Labute approximate surface area is 102 Å². The van der Waals surface area contributed by atoms with Crippen molar-refractivity contribution >= 4 is 16.0 Å². The number of carboxylic acid groups (broad SMARTS) is 1. The zero-order chi connectivity index (χ0) is 14.6. The Bertz CT molecular complexity index is 379. The number of nitrogens with one attached hydrogen (secondary N) is 1. The van der Waals surface area contributed by atoms with Gasteiger partial charge in [-0.15, -0.1) is 0 Å². The third kappa shape index (κ3) is 7.45. The van der Waals surface area contributed by atoms with Crippen LogP contribution in [0.3, 0.4) is 0 Å². The van der Waals surface area contributed by atoms with Crippen molar-refractivity contribution < 1.29 is 36.6 Å². The maximum atomic E-state index is 11.8. The summed E-state index contributed by atoms with van der Waals surface area (Å²) in [5, 5.41) is 17.6. The molecule has 0 rings (SSSR count). The fourth-order valence-electron chi connectivity index (χ4n) is 1.07. The van der Waals surface area contributed by atoms with E-state index in [9.17, 15) is 26.4 Å². The summed E-state index contributed by atoms with van der Waals surface area (Å²) in [5.74, 6) is -2.47. The molecule has 0 amide bonds. The predicted molar refractivity (Wildman–Crippen MR) is 55.3 cm³/mol. The molecule has 0 heterocycles. The lowest BCUT2D eigenvalue weighted by Gasteiger charge is -2.17. The number of alkyl halides is 3. The van der Waals surface area contributed by atoms with E-state index in [0.717, 1.165) is 6.92 Å². The maximum Gasteiger partial charge on any atom is 0.389 e. The molecule has 0 aromatic heterocycles. The number of carbonyl (C=O) groups is 1. The van der Waals surface area contributed by atoms with Crippen molar-refractivity contribution in [3.63, 3.8) is 0 Å². The van der Waals surface area contributed by atoms with Crippen molar-refractivity contribution in [2.45, 2.75) is 38.1 Å². The van der Waals surface area contributed by atoms with Gasteiger partial charge in [-0.3, -0.25) is 4.79 Å². The molecule has 0 saturated heterocycles. The number of hydrogen-bond acceptors (Lipinski definition) is 4. The van der Waals surface area contributed by atoms with Gasteiger partial charge in [0, 0.05) is 6.42 Å². The van der Waals surface area contributed by atoms with E-state index in [4.69, 9.17) is 10.2 Å². The van der Waals surface area contributed by atoms with Crippen molar-refractivity contribution in [3.8, 4) is 0 Å². The molecular formula is C8H14F3NO5S. The average Bonchev–Trinajstić information content (AvgIpc) is 2.10. The number of hydrogen-bond donors (Lipinski definition) is 3. The van der Waals surface area contributed by atoms with Crippen molar-refractivity contribution in [2.75, 3.05) is 5.75 Å². The third-order valence-electron chi connectivity index (χ3n) is 1.93. The highest BCUT2D eigenvalue weighted by atomic mass is 32.2. The topological polar surface area (TPSA) is 104 Å². The quantitative estimate of drug-likeness (QED) is 0.617. The number of carboxylic acids is 1. The van der Waals surface area contributed by atoms with E-state index in [1.807, 2.05) is 0 Å². The summed E-state index contributed by atoms with van der Waals surface area (Å²) in [6.45, 7) is 1.05. The van der Waals surface area contributed by atoms with Crippen LogP contribution in [0.4, 0.5) is 13.2 Å². The molecule has 0 aliphatic carbocycles. The van der Waals surface area contributed by atoms with Gasteiger partial charge in [0.05, 0.1) is 11.9 Å². The molecule has 6 nitrogen and oxygen atoms in total. The van der Waals surface area contributed by atoms with Crippen LogP contribution in [0.2, 0.25) is 0 Å². The minimum Gasteiger partial charge on any atom is -0.480 e. The van der Waals surface area contributed by atoms with Crippen molar-refractivity contribution in [1.29, 1.82) is 0 Å². The first-order valence-electron chi connectivity index (χ1n) is 4.92. The molecule has 0 spiro atoms. The van der Waals surface area contributed by atoms with E-state index in [0.29, 0.717) is 0 Å². The Hall–Kier alpha value is -0.870. The van der Waals surface area contributed by atoms with Gasteiger partial charge in [0.25, 0.3) is 0 Å². The number of aliphatic carboxylic acids is 1. The lowest BCUT2D eigenvalue weighted by atomic mass is 10.2. The molecule has 0 aliphatic heterocycles. The molecule has 108 valence electrons. The van der Waals surface area contributed by atoms with E-state index in [1.165, 1.54) is 0 Å². The molecule has 3 N–H and O–H groups in total. The summed E-state index contributed by atoms with van der Waals surface area (Å²) >= 11 is 0. The van der Waals surface area contributed by atoms with Crippen LogP contribution in [0.1, 0.15) is 19.8 Å². The van der Waals surface area contributed by atoms with Crippen LogP contribution in [0, 0.1) is 0 Å². The number of aliphatic hydroxyl groups is 1. The number of sulfonamides is 1. The molecule has 10 heteroatoms. The van der Waals surface area contributed by atoms with Crippen molar-refractivity contribution in [3.05, 3.63) is 0 Å². The van der Waals surface area contributed by atoms with E-state index in [2.05, 4.69) is 0 Å². The number of rotatable bonds is 7. The summed E-state index contributed by atoms with van der Waals surface area (Å²) in [6, 6.07) is -1.78. The summed E-state index contributed by atoms with van der Waals surface area (Å²) in [5.41, 5.74) is 0. The molecule has 0 saturated carbocycles. The Morgan fingerprint density at radius 3 is 2.22 bits per heavy atom. The zero-order valence-corrected chi connectivity index (χ0v) is 10.3. The van der Waals surface area contributed by atoms with Crippen LogP contribution >= 0.6 is 0 Å². The first kappa shape index (κ1) is 17.1. The molecule has 0 aromatic carbocycles. The Morgan fingerprint density at radius 1 is 1.39 bits per heavy atom. The van der Waals surface area contributed by atoms with Crippen LogP contribution in [0.5, 0.6) is 0 Å². The molecule has 0 aliphatic rings. The second-order valence-electron chi connectivity index (χ2n) is 3.71. The van der Waals surface area contributed by atoms with Gasteiger partial charge >= 0.3 is 12.1 Å². The van der Waals surface area contributed by atoms with E-state index >= 15 is 0 Å². The lowest BCUT2D eigenvalue weighted by molar-refractivity contribution is -0.141. The van der Waals surface area contributed by atoms with Gasteiger partial charge in [0.1, 0.15) is 6.04 Å². The normalized spacial score (nSPS) is 16.3. The highest BCUT2D eigenvalue weighted by Crippen LogP contribution is 2.21. The van der Waals surface area contributed by atoms with E-state index < -0.39 is 52.9 Å². The summed E-state index contributed by atoms with van der Waals surface area (Å²) in [7, 11) is -4.18. The van der Waals surface area contributed by atoms with Crippen LogP contribution in [0.15, 0.2) is 0 Å². The molecule has 2 atom stereocenters. The van der Waals surface area contributed by atoms with Crippen molar-refractivity contribution in [2.24, 2.45) is 0 Å². The summed E-state index contributed by atoms with van der Waals surface area (Å²) in [4.78, 5) is 10.6. The minimum absolute atomic E-state index is 0.676. The van der Waals surface area contributed by atoms with Crippen LogP contribution in [0.25, 0.3) is 0 Å². The van der Waals surface area contributed by atoms with Crippen LogP contribution in [-0.2, 0) is 14.8 Å². The highest BCUT2D eigenvalue weighted by molar-refractivity contribution is 7.89. The van der Waals surface area contributed by atoms with Gasteiger partial charge < -0.3 is 10.2 Å². The van der Waals surface area contributed by atoms with Crippen LogP contribution in [-0.4, -0.2) is 48.7 Å². The van der Waals surface area contributed by atoms with Gasteiger partial charge in [-0.2, -0.15) is 17.9 Å². The van der Waals surface area contributed by atoms with Gasteiger partial charge in [-0.1, -0.05) is 0 Å². The van der Waals surface area contributed by atoms with E-state index in [1.54, 1.807) is 4.72 Å². The summed E-state index contributed by atoms with van der Waals surface area (Å²) < 4.78 is 59.6. The number of aliphatic hydroxyl groups excluding tert-OH is 1. The Morgan fingerprint density at radius 2 is 1.89 bits per heavy atom. The molecule has 18 heavy (non-hydrogen) atoms. The van der Waals surface area contributed by atoms with Gasteiger partial charge in [0.2, 0.25) is 10.0 Å². The monoisotopic (exact) mass is 293 g/mol. The van der Waals surface area contributed by atoms with Crippen molar-refractivity contribution in [1.82, 2.24) is 4.72 Å². The minimum atomic E-state index is -4.47. The molecular weight excluding hydrogens is 279 g/mol. The van der Waals surface area contributed by atoms with E-state index in [-0.39, 0.29) is 0 Å². The fraction of sp³-hybridized carbons (Fsp3) is 0.875. The average molecular weight is 293 g/mol. The van der Waals surface area contributed by atoms with Gasteiger partial charge in [0.15, 0.2) is 0 Å². The van der Waals surface area contributed by atoms with Crippen LogP contribution < -0.4 is 4.72 Å². The highest BCUT2D eigenvalue weighted by Gasteiger charge is 2.30. The Balaban J connectivity index is 4.43. The first-order chi connectivity index (χ1) is 7.94. The second-order valence-corrected chi connectivity index (χ2v) is 5.59. The number of halogens is 3. The SMILES string of the molecule is C[C@@H](O)[C@H](NS(=O)(=O)CCCC(F)(F)F)C(=O)O. The molecule has 0 aromatic rings. The van der Waals surface area contributed by atoms with Gasteiger partial charge in [-0.05, 0) is 13.3 Å². The maximum absolute atomic E-state index is 11.8. The molecule has 0 unspecified atom stereocenters. The zero-order valence-electron chi connectivity index (χ0n) is 9.44. The fourth-order valence-corrected chi connectivity index (χ4v) is 2.40. The molecule has 0 fully saturated rings. The third-order valence-corrected chi connectivity index (χ3v) is 3.37. The second kappa shape index (κ2) is 6.34. The summed E-state index contributed by atoms with van der Waals surface area (Å²) in [6.07, 6.45) is -7.92. The molecule has 0 radical (unpaired) electrons. The smallest absolute Gasteiger partial charge is 0.389 e. The standard InChI is InChI=1S/C8H14F3NO5S/c1-5(13)6(7(14)15)12-18(16,17)4-2-3-8(9,10)11/h5-6,12-13H,2-4H2,1H3,(H,14,15)/t5-,6+/m1/s1. The first-order valence-corrected chi connectivity index (χ1v) is 6.57. The molecule has 0 bridgehead atoms. The Kier molecular flexibility index (Phi) is 6.04. The lowest BCUT2D eigenvalue weighted by Crippen LogP contribution is -2.48. The largest absolute Gasteiger partial charge is 0.480 e. The predicted octanol–water partition coefficient (Wildman–Crippen LogP) is 0.0823. The van der Waals surface area contributed by atoms with Gasteiger partial charge in [-0.25, -0.2) is 8.42 Å².